The summed E-state index contributed by atoms with van der Waals surface area (Å²) in [5.41, 5.74) is 0.999. The Morgan fingerprint density at radius 1 is 1.30 bits per heavy atom. The van der Waals surface area contributed by atoms with Crippen LogP contribution in [0.3, 0.4) is 0 Å². The third-order valence-corrected chi connectivity index (χ3v) is 3.05. The van der Waals surface area contributed by atoms with Gasteiger partial charge in [0.1, 0.15) is 6.04 Å². The van der Waals surface area contributed by atoms with Crippen LogP contribution in [0.15, 0.2) is 30.3 Å². The summed E-state index contributed by atoms with van der Waals surface area (Å²) in [6.45, 7) is 4.53. The minimum atomic E-state index is -0.510. The van der Waals surface area contributed by atoms with Crippen molar-refractivity contribution >= 4 is 11.8 Å². The number of ether oxygens (including phenoxy) is 1. The highest BCUT2D eigenvalue weighted by atomic mass is 16.5. The molecule has 0 aliphatic carbocycles. The van der Waals surface area contributed by atoms with Crippen LogP contribution in [-0.4, -0.2) is 43.0 Å². The largest absolute Gasteiger partial charge is 0.383 e. The Morgan fingerprint density at radius 3 is 2.50 bits per heavy atom. The molecular formula is C15H22N2O3. The van der Waals surface area contributed by atoms with Gasteiger partial charge in [-0.2, -0.15) is 0 Å². The number of benzene rings is 1. The fourth-order valence-electron chi connectivity index (χ4n) is 1.87. The molecule has 0 saturated carbocycles. The van der Waals surface area contributed by atoms with E-state index in [0.29, 0.717) is 19.7 Å². The Morgan fingerprint density at radius 2 is 1.95 bits per heavy atom. The summed E-state index contributed by atoms with van der Waals surface area (Å²) in [7, 11) is 1.58. The van der Waals surface area contributed by atoms with Gasteiger partial charge in [-0.25, -0.2) is 0 Å². The van der Waals surface area contributed by atoms with Gasteiger partial charge in [-0.1, -0.05) is 30.3 Å². The number of hydrogen-bond donors (Lipinski definition) is 1. The third-order valence-electron chi connectivity index (χ3n) is 3.05. The highest BCUT2D eigenvalue weighted by molar-refractivity contribution is 5.86. The van der Waals surface area contributed by atoms with Crippen molar-refractivity contribution in [1.82, 2.24) is 10.2 Å². The van der Waals surface area contributed by atoms with Crippen LogP contribution in [0.25, 0.3) is 0 Å². The second kappa shape index (κ2) is 8.32. The number of methoxy groups -OCH3 is 1. The first-order valence-corrected chi connectivity index (χ1v) is 6.64. The van der Waals surface area contributed by atoms with Gasteiger partial charge in [0.25, 0.3) is 0 Å². The summed E-state index contributed by atoms with van der Waals surface area (Å²) in [4.78, 5) is 25.3. The quantitative estimate of drug-likeness (QED) is 0.762. The molecule has 0 fully saturated rings. The first-order valence-electron chi connectivity index (χ1n) is 6.64. The third kappa shape index (κ3) is 5.01. The van der Waals surface area contributed by atoms with Crippen molar-refractivity contribution in [3.8, 4) is 0 Å². The molecule has 0 saturated heterocycles. The maximum Gasteiger partial charge on any atom is 0.242 e. The highest BCUT2D eigenvalue weighted by Gasteiger charge is 2.23. The van der Waals surface area contributed by atoms with Crippen molar-refractivity contribution in [1.29, 1.82) is 0 Å². The monoisotopic (exact) mass is 278 g/mol. The van der Waals surface area contributed by atoms with Gasteiger partial charge < -0.3 is 15.0 Å². The summed E-state index contributed by atoms with van der Waals surface area (Å²) in [6, 6.07) is 9.11. The van der Waals surface area contributed by atoms with Gasteiger partial charge in [0.2, 0.25) is 11.8 Å². The van der Waals surface area contributed by atoms with Crippen LogP contribution in [-0.2, 0) is 20.9 Å². The molecule has 110 valence electrons. The zero-order valence-electron chi connectivity index (χ0n) is 12.3. The molecule has 1 aromatic carbocycles. The van der Waals surface area contributed by atoms with Crippen molar-refractivity contribution in [3.63, 3.8) is 0 Å². The molecule has 0 aromatic heterocycles. The SMILES string of the molecule is COCCNC(=O)C(C)N(Cc1ccccc1)C(C)=O. The van der Waals surface area contributed by atoms with Crippen molar-refractivity contribution < 1.29 is 14.3 Å². The maximum atomic E-state index is 12.0. The van der Waals surface area contributed by atoms with Crippen molar-refractivity contribution in [2.24, 2.45) is 0 Å². The van der Waals surface area contributed by atoms with Crippen LogP contribution in [0.4, 0.5) is 0 Å². The molecule has 0 heterocycles. The van der Waals surface area contributed by atoms with Gasteiger partial charge in [0, 0.05) is 27.1 Å². The van der Waals surface area contributed by atoms with Crippen molar-refractivity contribution in [3.05, 3.63) is 35.9 Å². The van der Waals surface area contributed by atoms with E-state index in [-0.39, 0.29) is 11.8 Å². The predicted molar refractivity (Wildman–Crippen MR) is 77.0 cm³/mol. The molecule has 1 unspecified atom stereocenters. The van der Waals surface area contributed by atoms with Crippen LogP contribution in [0, 0.1) is 0 Å². The summed E-state index contributed by atoms with van der Waals surface area (Å²) in [6.07, 6.45) is 0. The summed E-state index contributed by atoms with van der Waals surface area (Å²) >= 11 is 0. The first kappa shape index (κ1) is 16.2. The molecule has 2 amide bonds. The number of carbonyl (C=O) groups excluding carboxylic acids is 2. The fraction of sp³-hybridized carbons (Fsp3) is 0.467. The van der Waals surface area contributed by atoms with Gasteiger partial charge in [-0.15, -0.1) is 0 Å². The average Bonchev–Trinajstić information content (AvgIpc) is 2.45. The van der Waals surface area contributed by atoms with Crippen LogP contribution in [0.5, 0.6) is 0 Å². The lowest BCUT2D eigenvalue weighted by molar-refractivity contribution is -0.139. The zero-order valence-corrected chi connectivity index (χ0v) is 12.3. The highest BCUT2D eigenvalue weighted by Crippen LogP contribution is 2.09. The number of hydrogen-bond acceptors (Lipinski definition) is 3. The van der Waals surface area contributed by atoms with Gasteiger partial charge in [0.15, 0.2) is 0 Å². The first-order chi connectivity index (χ1) is 9.56. The van der Waals surface area contributed by atoms with E-state index in [2.05, 4.69) is 5.32 Å². The van der Waals surface area contributed by atoms with E-state index in [1.807, 2.05) is 30.3 Å². The van der Waals surface area contributed by atoms with E-state index in [9.17, 15) is 9.59 Å². The fourth-order valence-corrected chi connectivity index (χ4v) is 1.87. The van der Waals surface area contributed by atoms with Gasteiger partial charge >= 0.3 is 0 Å². The molecule has 20 heavy (non-hydrogen) atoms. The number of carbonyl (C=O) groups is 2. The van der Waals surface area contributed by atoms with Gasteiger partial charge in [0.05, 0.1) is 6.61 Å². The Hall–Kier alpha value is -1.88. The number of amides is 2. The molecule has 0 spiro atoms. The second-order valence-electron chi connectivity index (χ2n) is 4.59. The van der Waals surface area contributed by atoms with Crippen LogP contribution >= 0.6 is 0 Å². The number of nitrogens with one attached hydrogen (secondary N) is 1. The standard InChI is InChI=1S/C15H22N2O3/c1-12(15(19)16-9-10-20-3)17(13(2)18)11-14-7-5-4-6-8-14/h4-8,12H,9-11H2,1-3H3,(H,16,19). The minimum Gasteiger partial charge on any atom is -0.383 e. The lowest BCUT2D eigenvalue weighted by Gasteiger charge is -2.27. The zero-order chi connectivity index (χ0) is 15.0. The van der Waals surface area contributed by atoms with Gasteiger partial charge in [-0.05, 0) is 12.5 Å². The normalized spacial score (nSPS) is 11.8. The van der Waals surface area contributed by atoms with E-state index in [1.54, 1.807) is 18.9 Å². The predicted octanol–water partition coefficient (Wildman–Crippen LogP) is 1.19. The van der Waals surface area contributed by atoms with Crippen LogP contribution in [0.1, 0.15) is 19.4 Å². The van der Waals surface area contributed by atoms with Gasteiger partial charge in [-0.3, -0.25) is 9.59 Å². The maximum absolute atomic E-state index is 12.0. The molecule has 1 N–H and O–H groups in total. The molecule has 0 aliphatic heterocycles. The van der Waals surface area contributed by atoms with E-state index >= 15 is 0 Å². The van der Waals surface area contributed by atoms with E-state index in [4.69, 9.17) is 4.74 Å². The summed E-state index contributed by atoms with van der Waals surface area (Å²) in [5.74, 6) is -0.295. The lowest BCUT2D eigenvalue weighted by atomic mass is 10.1. The van der Waals surface area contributed by atoms with E-state index in [0.717, 1.165) is 5.56 Å². The van der Waals surface area contributed by atoms with Crippen LogP contribution < -0.4 is 5.32 Å². The Kier molecular flexibility index (Phi) is 6.73. The molecule has 1 rings (SSSR count). The average molecular weight is 278 g/mol. The topological polar surface area (TPSA) is 58.6 Å². The molecule has 1 aromatic rings. The van der Waals surface area contributed by atoms with Crippen molar-refractivity contribution in [2.45, 2.75) is 26.4 Å². The molecule has 0 bridgehead atoms. The smallest absolute Gasteiger partial charge is 0.242 e. The lowest BCUT2D eigenvalue weighted by Crippen LogP contribution is -2.47. The minimum absolute atomic E-state index is 0.122. The van der Waals surface area contributed by atoms with E-state index in [1.165, 1.54) is 6.92 Å². The number of rotatable bonds is 7. The molecule has 1 atom stereocenters. The van der Waals surface area contributed by atoms with E-state index < -0.39 is 6.04 Å². The summed E-state index contributed by atoms with van der Waals surface area (Å²) < 4.78 is 4.88. The molecule has 0 radical (unpaired) electrons. The second-order valence-corrected chi connectivity index (χ2v) is 4.59. The summed E-state index contributed by atoms with van der Waals surface area (Å²) in [5, 5.41) is 2.75. The van der Waals surface area contributed by atoms with Crippen LogP contribution in [0.2, 0.25) is 0 Å². The Labute approximate surface area is 119 Å². The Balaban J connectivity index is 2.65. The molecule has 0 aliphatic rings. The van der Waals surface area contributed by atoms with Crippen molar-refractivity contribution in [2.75, 3.05) is 20.3 Å². The molecular weight excluding hydrogens is 256 g/mol. The Bertz CT molecular complexity index is 434. The molecule has 5 heteroatoms. The number of nitrogens with zero attached hydrogens (tertiary/aromatic N) is 1. The molecule has 5 nitrogen and oxygen atoms in total.